The van der Waals surface area contributed by atoms with Crippen molar-refractivity contribution in [3.63, 3.8) is 0 Å². The standard InChI is InChI=1S/C18H19ClN4O3S/c1-10-4-5-12(8-13(10)19)23-9-11(7-15(23)24)17-21-22-18(27-17)20-16(25)14-3-2-6-26-14/h4-5,8,11,14H,2-3,6-7,9H2,1H3,(H,20,22,25). The Morgan fingerprint density at radius 3 is 3.00 bits per heavy atom. The van der Waals surface area contributed by atoms with Crippen LogP contribution in [-0.4, -0.2) is 41.3 Å². The number of ether oxygens (including phenoxy) is 1. The van der Waals surface area contributed by atoms with Gasteiger partial charge in [0.05, 0.1) is 0 Å². The molecule has 2 aromatic rings. The van der Waals surface area contributed by atoms with Crippen molar-refractivity contribution in [3.8, 4) is 0 Å². The van der Waals surface area contributed by atoms with Crippen LogP contribution < -0.4 is 10.2 Å². The maximum Gasteiger partial charge on any atom is 0.255 e. The first-order chi connectivity index (χ1) is 13.0. The van der Waals surface area contributed by atoms with Crippen LogP contribution in [0.2, 0.25) is 5.02 Å². The summed E-state index contributed by atoms with van der Waals surface area (Å²) in [6.45, 7) is 3.06. The summed E-state index contributed by atoms with van der Waals surface area (Å²) in [6.07, 6.45) is 1.57. The lowest BCUT2D eigenvalue weighted by molar-refractivity contribution is -0.124. The Morgan fingerprint density at radius 2 is 2.26 bits per heavy atom. The Morgan fingerprint density at radius 1 is 1.41 bits per heavy atom. The van der Waals surface area contributed by atoms with Gasteiger partial charge in [0.2, 0.25) is 11.0 Å². The highest BCUT2D eigenvalue weighted by Gasteiger charge is 2.34. The fourth-order valence-corrected chi connectivity index (χ4v) is 4.30. The first-order valence-electron chi connectivity index (χ1n) is 8.83. The maximum atomic E-state index is 12.5. The van der Waals surface area contributed by atoms with Gasteiger partial charge in [-0.1, -0.05) is 29.0 Å². The molecule has 1 N–H and O–H groups in total. The molecule has 4 rings (SSSR count). The number of benzene rings is 1. The summed E-state index contributed by atoms with van der Waals surface area (Å²) in [4.78, 5) is 26.3. The second-order valence-corrected chi connectivity index (χ2v) is 8.19. The molecule has 1 aromatic carbocycles. The maximum absolute atomic E-state index is 12.5. The molecule has 2 unspecified atom stereocenters. The van der Waals surface area contributed by atoms with E-state index < -0.39 is 6.10 Å². The number of aryl methyl sites for hydroxylation is 1. The number of carbonyl (C=O) groups is 2. The molecule has 0 aliphatic carbocycles. The third-order valence-electron chi connectivity index (χ3n) is 4.83. The summed E-state index contributed by atoms with van der Waals surface area (Å²) in [5.41, 5.74) is 1.76. The molecular formula is C18H19ClN4O3S. The van der Waals surface area contributed by atoms with Crippen molar-refractivity contribution in [2.24, 2.45) is 0 Å². The zero-order valence-electron chi connectivity index (χ0n) is 14.8. The molecule has 3 heterocycles. The van der Waals surface area contributed by atoms with Crippen LogP contribution in [0.3, 0.4) is 0 Å². The van der Waals surface area contributed by atoms with Gasteiger partial charge in [0, 0.05) is 36.2 Å². The smallest absolute Gasteiger partial charge is 0.255 e. The van der Waals surface area contributed by atoms with Gasteiger partial charge in [0.15, 0.2) is 0 Å². The fourth-order valence-electron chi connectivity index (χ4n) is 3.29. The van der Waals surface area contributed by atoms with Crippen molar-refractivity contribution < 1.29 is 14.3 Å². The zero-order valence-corrected chi connectivity index (χ0v) is 16.3. The van der Waals surface area contributed by atoms with Gasteiger partial charge in [-0.3, -0.25) is 14.9 Å². The number of nitrogens with zero attached hydrogens (tertiary/aromatic N) is 3. The Kier molecular flexibility index (Phi) is 5.12. The minimum atomic E-state index is -0.410. The minimum Gasteiger partial charge on any atom is -0.368 e. The van der Waals surface area contributed by atoms with Crippen molar-refractivity contribution in [1.29, 1.82) is 0 Å². The highest BCUT2D eigenvalue weighted by Crippen LogP contribution is 2.35. The van der Waals surface area contributed by atoms with Gasteiger partial charge in [0.25, 0.3) is 5.91 Å². The van der Waals surface area contributed by atoms with Crippen molar-refractivity contribution >= 4 is 45.6 Å². The quantitative estimate of drug-likeness (QED) is 0.843. The third kappa shape index (κ3) is 3.83. The molecule has 27 heavy (non-hydrogen) atoms. The van der Waals surface area contributed by atoms with E-state index in [0.717, 1.165) is 29.1 Å². The Balaban J connectivity index is 1.43. The molecule has 2 atom stereocenters. The van der Waals surface area contributed by atoms with Gasteiger partial charge < -0.3 is 9.64 Å². The number of halogens is 1. The summed E-state index contributed by atoms with van der Waals surface area (Å²) in [5.74, 6) is -0.211. The molecule has 9 heteroatoms. The van der Waals surface area contributed by atoms with E-state index in [9.17, 15) is 9.59 Å². The number of amides is 2. The van der Waals surface area contributed by atoms with Crippen LogP contribution in [0.15, 0.2) is 18.2 Å². The topological polar surface area (TPSA) is 84.4 Å². The van der Waals surface area contributed by atoms with E-state index in [2.05, 4.69) is 15.5 Å². The summed E-state index contributed by atoms with van der Waals surface area (Å²) in [6, 6.07) is 5.61. The van der Waals surface area contributed by atoms with E-state index in [1.54, 1.807) is 4.90 Å². The summed E-state index contributed by atoms with van der Waals surface area (Å²) < 4.78 is 5.37. The van der Waals surface area contributed by atoms with Crippen molar-refractivity contribution in [1.82, 2.24) is 10.2 Å². The van der Waals surface area contributed by atoms with E-state index in [-0.39, 0.29) is 17.7 Å². The van der Waals surface area contributed by atoms with Crippen LogP contribution in [-0.2, 0) is 14.3 Å². The molecule has 2 fully saturated rings. The van der Waals surface area contributed by atoms with Gasteiger partial charge in [-0.15, -0.1) is 10.2 Å². The molecule has 0 saturated carbocycles. The SMILES string of the molecule is Cc1ccc(N2CC(c3nnc(NC(=O)C4CCCO4)s3)CC2=O)cc1Cl. The third-order valence-corrected chi connectivity index (χ3v) is 6.24. The molecule has 2 aliphatic heterocycles. The minimum absolute atomic E-state index is 0.0278. The van der Waals surface area contributed by atoms with Gasteiger partial charge in [-0.2, -0.15) is 0 Å². The molecule has 0 radical (unpaired) electrons. The van der Waals surface area contributed by atoms with Crippen molar-refractivity contribution in [2.45, 2.75) is 38.2 Å². The fraction of sp³-hybridized carbons (Fsp3) is 0.444. The molecule has 2 aliphatic rings. The Bertz CT molecular complexity index is 881. The lowest BCUT2D eigenvalue weighted by atomic mass is 10.1. The highest BCUT2D eigenvalue weighted by atomic mass is 35.5. The molecule has 2 amide bonds. The molecule has 0 spiro atoms. The molecule has 142 valence electrons. The van der Waals surface area contributed by atoms with Crippen LogP contribution in [0, 0.1) is 6.92 Å². The summed E-state index contributed by atoms with van der Waals surface area (Å²) in [7, 11) is 0. The van der Waals surface area contributed by atoms with Gasteiger partial charge in [-0.05, 0) is 37.5 Å². The highest BCUT2D eigenvalue weighted by molar-refractivity contribution is 7.15. The molecule has 7 nitrogen and oxygen atoms in total. The van der Waals surface area contributed by atoms with Gasteiger partial charge in [0.1, 0.15) is 11.1 Å². The van der Waals surface area contributed by atoms with E-state index in [4.69, 9.17) is 16.3 Å². The van der Waals surface area contributed by atoms with Crippen molar-refractivity contribution in [3.05, 3.63) is 33.8 Å². The van der Waals surface area contributed by atoms with Gasteiger partial charge in [-0.25, -0.2) is 0 Å². The zero-order chi connectivity index (χ0) is 19.0. The number of aromatic nitrogens is 2. The monoisotopic (exact) mass is 406 g/mol. The Hall–Kier alpha value is -2.03. The summed E-state index contributed by atoms with van der Waals surface area (Å²) >= 11 is 7.50. The van der Waals surface area contributed by atoms with Crippen LogP contribution in [0.5, 0.6) is 0 Å². The van der Waals surface area contributed by atoms with Crippen LogP contribution >= 0.6 is 22.9 Å². The number of rotatable bonds is 4. The van der Waals surface area contributed by atoms with Gasteiger partial charge >= 0.3 is 0 Å². The van der Waals surface area contributed by atoms with E-state index in [1.807, 2.05) is 25.1 Å². The van der Waals surface area contributed by atoms with E-state index >= 15 is 0 Å². The largest absolute Gasteiger partial charge is 0.368 e. The summed E-state index contributed by atoms with van der Waals surface area (Å²) in [5, 5.41) is 12.8. The number of hydrogen-bond donors (Lipinski definition) is 1. The van der Waals surface area contributed by atoms with Crippen LogP contribution in [0.1, 0.15) is 35.8 Å². The molecular weight excluding hydrogens is 388 g/mol. The lowest BCUT2D eigenvalue weighted by Gasteiger charge is -2.17. The number of carbonyl (C=O) groups excluding carboxylic acids is 2. The Labute approximate surface area is 165 Å². The molecule has 2 saturated heterocycles. The van der Waals surface area contributed by atoms with Crippen LogP contribution in [0.25, 0.3) is 0 Å². The normalized spacial score (nSPS) is 22.4. The second kappa shape index (κ2) is 7.53. The number of nitrogens with one attached hydrogen (secondary N) is 1. The predicted octanol–water partition coefficient (Wildman–Crippen LogP) is 3.14. The van der Waals surface area contributed by atoms with Crippen molar-refractivity contribution in [2.75, 3.05) is 23.4 Å². The molecule has 1 aromatic heterocycles. The first-order valence-corrected chi connectivity index (χ1v) is 10.0. The molecule has 0 bridgehead atoms. The second-order valence-electron chi connectivity index (χ2n) is 6.78. The average molecular weight is 407 g/mol. The average Bonchev–Trinajstić information content (AvgIpc) is 3.38. The number of anilines is 2. The first kappa shape index (κ1) is 18.3. The van der Waals surface area contributed by atoms with E-state index in [1.165, 1.54) is 11.3 Å². The van der Waals surface area contributed by atoms with Crippen LogP contribution in [0.4, 0.5) is 10.8 Å². The predicted molar refractivity (Wildman–Crippen MR) is 103 cm³/mol. The lowest BCUT2D eigenvalue weighted by Crippen LogP contribution is -2.26. The number of hydrogen-bond acceptors (Lipinski definition) is 6. The van der Waals surface area contributed by atoms with E-state index in [0.29, 0.717) is 29.7 Å².